The van der Waals surface area contributed by atoms with E-state index in [4.69, 9.17) is 21.7 Å². The number of piperazine rings is 1. The van der Waals surface area contributed by atoms with Gasteiger partial charge in [-0.1, -0.05) is 60.7 Å². The molecule has 1 unspecified atom stereocenters. The Labute approximate surface area is 227 Å². The monoisotopic (exact) mass is 539 g/mol. The molecular formula is C28H33N3O6S. The molecule has 0 radical (unpaired) electrons. The molecule has 1 aliphatic heterocycles. The summed E-state index contributed by atoms with van der Waals surface area (Å²) in [7, 11) is 0. The Morgan fingerprint density at radius 2 is 1.53 bits per heavy atom. The second-order valence-corrected chi connectivity index (χ2v) is 9.21. The SMILES string of the molecule is O=C(CCC(=O)OCCc1ccccc1)NC(=S)N1CCNC(=O)C1CC(=O)OCCCc1ccccc1. The lowest BCUT2D eigenvalue weighted by Crippen LogP contribution is -2.60. The van der Waals surface area contributed by atoms with E-state index in [1.165, 1.54) is 4.90 Å². The van der Waals surface area contributed by atoms with Gasteiger partial charge in [0.15, 0.2) is 5.11 Å². The summed E-state index contributed by atoms with van der Waals surface area (Å²) in [6.07, 6.45) is 1.64. The molecule has 2 aromatic carbocycles. The molecule has 0 bridgehead atoms. The van der Waals surface area contributed by atoms with Crippen LogP contribution in [0.15, 0.2) is 60.7 Å². The van der Waals surface area contributed by atoms with Gasteiger partial charge in [0, 0.05) is 25.9 Å². The van der Waals surface area contributed by atoms with Crippen LogP contribution in [0.2, 0.25) is 0 Å². The summed E-state index contributed by atoms with van der Waals surface area (Å²) in [4.78, 5) is 50.7. The third-order valence-electron chi connectivity index (χ3n) is 5.97. The van der Waals surface area contributed by atoms with E-state index in [0.29, 0.717) is 25.9 Å². The molecule has 0 spiro atoms. The molecule has 1 fully saturated rings. The van der Waals surface area contributed by atoms with Crippen molar-refractivity contribution < 1.29 is 28.7 Å². The van der Waals surface area contributed by atoms with Crippen molar-refractivity contribution in [3.8, 4) is 0 Å². The fourth-order valence-electron chi connectivity index (χ4n) is 3.95. The number of benzene rings is 2. The van der Waals surface area contributed by atoms with Crippen LogP contribution >= 0.6 is 12.2 Å². The fraction of sp³-hybridized carbons (Fsp3) is 0.393. The highest BCUT2D eigenvalue weighted by Crippen LogP contribution is 2.12. The summed E-state index contributed by atoms with van der Waals surface area (Å²) in [6, 6.07) is 18.6. The number of esters is 2. The molecule has 9 nitrogen and oxygen atoms in total. The largest absolute Gasteiger partial charge is 0.466 e. The molecular weight excluding hydrogens is 506 g/mol. The number of hydrogen-bond acceptors (Lipinski definition) is 7. The van der Waals surface area contributed by atoms with Gasteiger partial charge in [-0.2, -0.15) is 0 Å². The first-order valence-corrected chi connectivity index (χ1v) is 13.1. The zero-order valence-corrected chi connectivity index (χ0v) is 22.0. The van der Waals surface area contributed by atoms with E-state index in [1.54, 1.807) is 0 Å². The molecule has 2 aromatic rings. The van der Waals surface area contributed by atoms with Crippen LogP contribution in [0.3, 0.4) is 0 Å². The maximum Gasteiger partial charge on any atom is 0.308 e. The van der Waals surface area contributed by atoms with Crippen molar-refractivity contribution in [2.24, 2.45) is 0 Å². The number of carbonyl (C=O) groups excluding carboxylic acids is 4. The molecule has 2 amide bonds. The van der Waals surface area contributed by atoms with Crippen LogP contribution in [0, 0.1) is 0 Å². The third-order valence-corrected chi connectivity index (χ3v) is 6.30. The van der Waals surface area contributed by atoms with Crippen LogP contribution in [0.25, 0.3) is 0 Å². The molecule has 1 aliphatic rings. The molecule has 0 saturated carbocycles. The fourth-order valence-corrected chi connectivity index (χ4v) is 4.29. The topological polar surface area (TPSA) is 114 Å². The number of amides is 2. The van der Waals surface area contributed by atoms with Crippen LogP contribution in [0.1, 0.15) is 36.8 Å². The van der Waals surface area contributed by atoms with Gasteiger partial charge in [0.25, 0.3) is 0 Å². The standard InChI is InChI=1S/C28H33N3O6S/c32-24(13-14-25(33)37-19-15-22-10-5-2-6-11-22)30-28(38)31-17-16-29-27(35)23(31)20-26(34)36-18-7-12-21-8-3-1-4-9-21/h1-6,8-11,23H,7,12-20H2,(H,29,35)(H,30,32,38). The van der Waals surface area contributed by atoms with Gasteiger partial charge in [0.05, 0.1) is 26.1 Å². The number of nitrogens with one attached hydrogen (secondary N) is 2. The van der Waals surface area contributed by atoms with E-state index >= 15 is 0 Å². The van der Waals surface area contributed by atoms with Crippen molar-refractivity contribution in [2.75, 3.05) is 26.3 Å². The van der Waals surface area contributed by atoms with Crippen LogP contribution in [0.4, 0.5) is 0 Å². The first kappa shape index (κ1) is 28.8. The van der Waals surface area contributed by atoms with E-state index < -0.39 is 23.9 Å². The van der Waals surface area contributed by atoms with E-state index in [0.717, 1.165) is 17.5 Å². The molecule has 1 heterocycles. The van der Waals surface area contributed by atoms with Gasteiger partial charge >= 0.3 is 11.9 Å². The molecule has 10 heteroatoms. The second-order valence-electron chi connectivity index (χ2n) is 8.82. The summed E-state index contributed by atoms with van der Waals surface area (Å²) in [5.41, 5.74) is 2.21. The highest BCUT2D eigenvalue weighted by atomic mass is 32.1. The van der Waals surface area contributed by atoms with Crippen LogP contribution in [0.5, 0.6) is 0 Å². The maximum absolute atomic E-state index is 12.5. The second kappa shape index (κ2) is 15.5. The highest BCUT2D eigenvalue weighted by molar-refractivity contribution is 7.80. The molecule has 2 N–H and O–H groups in total. The Morgan fingerprint density at radius 1 is 0.895 bits per heavy atom. The molecule has 0 aromatic heterocycles. The van der Waals surface area contributed by atoms with Gasteiger partial charge < -0.3 is 25.0 Å². The Hall–Kier alpha value is -3.79. The van der Waals surface area contributed by atoms with E-state index in [1.807, 2.05) is 60.7 Å². The Bertz CT molecular complexity index is 1100. The number of nitrogens with zero attached hydrogens (tertiary/aromatic N) is 1. The smallest absolute Gasteiger partial charge is 0.308 e. The van der Waals surface area contributed by atoms with Crippen molar-refractivity contribution in [3.63, 3.8) is 0 Å². The number of rotatable bonds is 12. The van der Waals surface area contributed by atoms with Crippen LogP contribution in [-0.2, 0) is 41.5 Å². The van der Waals surface area contributed by atoms with Gasteiger partial charge in [-0.05, 0) is 36.2 Å². The molecule has 3 rings (SSSR count). The molecule has 1 saturated heterocycles. The molecule has 38 heavy (non-hydrogen) atoms. The maximum atomic E-state index is 12.5. The van der Waals surface area contributed by atoms with Crippen molar-refractivity contribution in [2.45, 2.75) is 44.6 Å². The first-order chi connectivity index (χ1) is 18.4. The average molecular weight is 540 g/mol. The summed E-state index contributed by atoms with van der Waals surface area (Å²) in [5, 5.41) is 5.31. The summed E-state index contributed by atoms with van der Waals surface area (Å²) in [5.74, 6) is -1.83. The van der Waals surface area contributed by atoms with Gasteiger partial charge in [-0.3, -0.25) is 19.2 Å². The summed E-state index contributed by atoms with van der Waals surface area (Å²) >= 11 is 5.34. The normalized spacial score (nSPS) is 14.8. The van der Waals surface area contributed by atoms with Gasteiger partial charge in [-0.15, -0.1) is 0 Å². The van der Waals surface area contributed by atoms with E-state index in [2.05, 4.69) is 10.6 Å². The average Bonchev–Trinajstić information content (AvgIpc) is 2.92. The molecule has 1 atom stereocenters. The predicted molar refractivity (Wildman–Crippen MR) is 145 cm³/mol. The first-order valence-electron chi connectivity index (χ1n) is 12.7. The van der Waals surface area contributed by atoms with E-state index in [9.17, 15) is 19.2 Å². The number of thiocarbonyl (C=S) groups is 1. The summed E-state index contributed by atoms with van der Waals surface area (Å²) < 4.78 is 10.5. The lowest BCUT2D eigenvalue weighted by atomic mass is 10.1. The number of carbonyl (C=O) groups is 4. The lowest BCUT2D eigenvalue weighted by molar-refractivity contribution is -0.147. The zero-order chi connectivity index (χ0) is 27.2. The highest BCUT2D eigenvalue weighted by Gasteiger charge is 2.34. The minimum Gasteiger partial charge on any atom is -0.466 e. The number of aryl methyl sites for hydroxylation is 1. The minimum absolute atomic E-state index is 0.0316. The molecule has 0 aliphatic carbocycles. The number of hydrogen-bond donors (Lipinski definition) is 2. The van der Waals surface area contributed by atoms with E-state index in [-0.39, 0.29) is 43.5 Å². The minimum atomic E-state index is -0.888. The van der Waals surface area contributed by atoms with Crippen molar-refractivity contribution >= 4 is 41.1 Å². The van der Waals surface area contributed by atoms with Gasteiger partial charge in [-0.25, -0.2) is 0 Å². The Morgan fingerprint density at radius 3 is 2.21 bits per heavy atom. The zero-order valence-electron chi connectivity index (χ0n) is 21.2. The van der Waals surface area contributed by atoms with Crippen LogP contribution < -0.4 is 10.6 Å². The summed E-state index contributed by atoms with van der Waals surface area (Å²) in [6.45, 7) is 1.13. The molecule has 202 valence electrons. The Kier molecular flexibility index (Phi) is 11.7. The predicted octanol–water partition coefficient (Wildman–Crippen LogP) is 2.32. The van der Waals surface area contributed by atoms with Gasteiger partial charge in [0.2, 0.25) is 11.8 Å². The van der Waals surface area contributed by atoms with Crippen molar-refractivity contribution in [1.29, 1.82) is 0 Å². The van der Waals surface area contributed by atoms with Crippen LogP contribution in [-0.4, -0.2) is 66.1 Å². The Balaban J connectivity index is 1.37. The van der Waals surface area contributed by atoms with Gasteiger partial charge in [0.1, 0.15) is 6.04 Å². The van der Waals surface area contributed by atoms with Crippen molar-refractivity contribution in [3.05, 3.63) is 71.8 Å². The quantitative estimate of drug-likeness (QED) is 0.240. The lowest BCUT2D eigenvalue weighted by Gasteiger charge is -2.36. The third kappa shape index (κ3) is 9.93. The van der Waals surface area contributed by atoms with Crippen molar-refractivity contribution in [1.82, 2.24) is 15.5 Å². The number of ether oxygens (including phenoxy) is 2.